The van der Waals surface area contributed by atoms with Crippen LogP contribution in [-0.2, 0) is 0 Å². The summed E-state index contributed by atoms with van der Waals surface area (Å²) >= 11 is 1.34. The van der Waals surface area contributed by atoms with Gasteiger partial charge in [0.15, 0.2) is 5.57 Å². The zero-order valence-corrected chi connectivity index (χ0v) is 7.61. The fourth-order valence-corrected chi connectivity index (χ4v) is 1.08. The van der Waals surface area contributed by atoms with Gasteiger partial charge in [-0.2, -0.15) is 10.5 Å². The molecule has 0 saturated carbocycles. The van der Waals surface area contributed by atoms with Crippen LogP contribution < -0.4 is 5.32 Å². The van der Waals surface area contributed by atoms with Gasteiger partial charge < -0.3 is 5.32 Å². The highest BCUT2D eigenvalue weighted by Crippen LogP contribution is 2.12. The first kappa shape index (κ1) is 10.6. The largest absolute Gasteiger partial charge is 0.375 e. The summed E-state index contributed by atoms with van der Waals surface area (Å²) in [6.07, 6.45) is 3.47. The van der Waals surface area contributed by atoms with Crippen LogP contribution in [0.15, 0.2) is 23.3 Å². The highest BCUT2D eigenvalue weighted by Gasteiger charge is 2.02. The third-order valence-electron chi connectivity index (χ3n) is 1.06. The molecule has 0 aliphatic carbocycles. The second kappa shape index (κ2) is 6.33. The first-order valence-electron chi connectivity index (χ1n) is 3.23. The van der Waals surface area contributed by atoms with E-state index in [1.807, 2.05) is 12.1 Å². The van der Waals surface area contributed by atoms with Gasteiger partial charge in [-0.15, -0.1) is 18.3 Å². The second-order valence-electron chi connectivity index (χ2n) is 1.80. The Morgan fingerprint density at radius 3 is 2.50 bits per heavy atom. The molecule has 62 valence electrons. The Labute approximate surface area is 76.4 Å². The van der Waals surface area contributed by atoms with Gasteiger partial charge in [-0.05, 0) is 6.26 Å². The molecule has 1 N–H and O–H groups in total. The van der Waals surface area contributed by atoms with Crippen molar-refractivity contribution >= 4 is 11.8 Å². The van der Waals surface area contributed by atoms with Crippen molar-refractivity contribution in [3.05, 3.63) is 23.3 Å². The zero-order chi connectivity index (χ0) is 9.40. The van der Waals surface area contributed by atoms with Gasteiger partial charge >= 0.3 is 0 Å². The molecule has 0 spiro atoms. The smallest absolute Gasteiger partial charge is 0.159 e. The summed E-state index contributed by atoms with van der Waals surface area (Å²) in [5.74, 6) is 0. The van der Waals surface area contributed by atoms with E-state index in [2.05, 4.69) is 11.9 Å². The first-order chi connectivity index (χ1) is 5.79. The fourth-order valence-electron chi connectivity index (χ4n) is 0.554. The van der Waals surface area contributed by atoms with Crippen LogP contribution in [0.5, 0.6) is 0 Å². The summed E-state index contributed by atoms with van der Waals surface area (Å²) in [7, 11) is 0. The Morgan fingerprint density at radius 1 is 1.58 bits per heavy atom. The van der Waals surface area contributed by atoms with Crippen molar-refractivity contribution in [1.82, 2.24) is 5.32 Å². The van der Waals surface area contributed by atoms with E-state index in [-0.39, 0.29) is 5.57 Å². The van der Waals surface area contributed by atoms with Gasteiger partial charge in [0, 0.05) is 6.54 Å². The number of hydrogen-bond acceptors (Lipinski definition) is 4. The lowest BCUT2D eigenvalue weighted by atomic mass is 10.3. The van der Waals surface area contributed by atoms with Crippen molar-refractivity contribution in [1.29, 1.82) is 10.5 Å². The number of nitrogens with zero attached hydrogens (tertiary/aromatic N) is 2. The molecule has 0 radical (unpaired) electrons. The first-order valence-corrected chi connectivity index (χ1v) is 4.45. The van der Waals surface area contributed by atoms with Crippen LogP contribution in [0, 0.1) is 22.7 Å². The van der Waals surface area contributed by atoms with Gasteiger partial charge in [0.25, 0.3) is 0 Å². The summed E-state index contributed by atoms with van der Waals surface area (Å²) in [5, 5.41) is 20.5. The van der Waals surface area contributed by atoms with Crippen LogP contribution in [0.25, 0.3) is 0 Å². The van der Waals surface area contributed by atoms with Crippen molar-refractivity contribution in [2.24, 2.45) is 0 Å². The molecule has 0 heterocycles. The maximum Gasteiger partial charge on any atom is 0.159 e. The molecule has 0 amide bonds. The lowest BCUT2D eigenvalue weighted by molar-refractivity contribution is 0.964. The molecule has 0 saturated heterocycles. The van der Waals surface area contributed by atoms with Crippen LogP contribution in [-0.4, -0.2) is 12.8 Å². The molecule has 0 aliphatic heterocycles. The van der Waals surface area contributed by atoms with Crippen LogP contribution >= 0.6 is 11.8 Å². The maximum atomic E-state index is 8.52. The topological polar surface area (TPSA) is 59.6 Å². The number of thioether (sulfide) groups is 1. The summed E-state index contributed by atoms with van der Waals surface area (Å²) in [5.41, 5.74) is 0.115. The molecule has 4 heteroatoms. The third-order valence-corrected chi connectivity index (χ3v) is 1.82. The van der Waals surface area contributed by atoms with Crippen molar-refractivity contribution in [2.45, 2.75) is 0 Å². The molecule has 0 fully saturated rings. The summed E-state index contributed by atoms with van der Waals surface area (Å²) in [4.78, 5) is 0. The molecule has 0 unspecified atom stereocenters. The summed E-state index contributed by atoms with van der Waals surface area (Å²) < 4.78 is 0. The molecule has 0 atom stereocenters. The van der Waals surface area contributed by atoms with E-state index >= 15 is 0 Å². The Hall–Kier alpha value is -1.39. The lowest BCUT2D eigenvalue weighted by Crippen LogP contribution is -2.11. The monoisotopic (exact) mass is 179 g/mol. The predicted octanol–water partition coefficient (Wildman–Crippen LogP) is 1.38. The summed E-state index contributed by atoms with van der Waals surface area (Å²) in [6.45, 7) is 4.08. The number of hydrogen-bond donors (Lipinski definition) is 1. The molecule has 0 aromatic carbocycles. The van der Waals surface area contributed by atoms with E-state index in [9.17, 15) is 0 Å². The summed E-state index contributed by atoms with van der Waals surface area (Å²) in [6, 6.07) is 3.63. The number of allylic oxidation sites excluding steroid dienone is 1. The van der Waals surface area contributed by atoms with E-state index in [0.29, 0.717) is 11.6 Å². The molecule has 0 aromatic rings. The minimum atomic E-state index is 0.115. The van der Waals surface area contributed by atoms with Crippen molar-refractivity contribution in [3.8, 4) is 12.1 Å². The average Bonchev–Trinajstić information content (AvgIpc) is 2.12. The Kier molecular flexibility index (Phi) is 5.60. The normalized spacial score (nSPS) is 7.58. The molecular weight excluding hydrogens is 170 g/mol. The average molecular weight is 179 g/mol. The Morgan fingerprint density at radius 2 is 2.17 bits per heavy atom. The fraction of sp³-hybridized carbons (Fsp3) is 0.250. The van der Waals surface area contributed by atoms with Crippen LogP contribution in [0.4, 0.5) is 0 Å². The second-order valence-corrected chi connectivity index (χ2v) is 2.62. The van der Waals surface area contributed by atoms with Crippen molar-refractivity contribution in [2.75, 3.05) is 12.8 Å². The van der Waals surface area contributed by atoms with E-state index in [1.165, 1.54) is 11.8 Å². The van der Waals surface area contributed by atoms with Crippen molar-refractivity contribution in [3.63, 3.8) is 0 Å². The number of nitriles is 2. The molecule has 12 heavy (non-hydrogen) atoms. The van der Waals surface area contributed by atoms with Gasteiger partial charge in [-0.1, -0.05) is 6.08 Å². The maximum absolute atomic E-state index is 8.52. The highest BCUT2D eigenvalue weighted by molar-refractivity contribution is 8.02. The van der Waals surface area contributed by atoms with Gasteiger partial charge in [0.05, 0.1) is 5.03 Å². The zero-order valence-electron chi connectivity index (χ0n) is 6.79. The highest BCUT2D eigenvalue weighted by atomic mass is 32.2. The molecule has 0 aromatic heterocycles. The van der Waals surface area contributed by atoms with E-state index < -0.39 is 0 Å². The van der Waals surface area contributed by atoms with Gasteiger partial charge in [0.1, 0.15) is 12.1 Å². The SMILES string of the molecule is C=CCNC(SC)=C(C#N)C#N. The molecule has 0 bridgehead atoms. The van der Waals surface area contributed by atoms with Crippen LogP contribution in [0.1, 0.15) is 0 Å². The van der Waals surface area contributed by atoms with E-state index in [4.69, 9.17) is 10.5 Å². The van der Waals surface area contributed by atoms with Gasteiger partial charge in [-0.25, -0.2) is 0 Å². The molecular formula is C8H9N3S. The van der Waals surface area contributed by atoms with Gasteiger partial charge in [-0.3, -0.25) is 0 Å². The van der Waals surface area contributed by atoms with E-state index in [1.54, 1.807) is 12.3 Å². The lowest BCUT2D eigenvalue weighted by Gasteiger charge is -2.04. The van der Waals surface area contributed by atoms with E-state index in [0.717, 1.165) is 0 Å². The predicted molar refractivity (Wildman–Crippen MR) is 50.0 cm³/mol. The Bertz CT molecular complexity index is 251. The quantitative estimate of drug-likeness (QED) is 0.523. The standard InChI is InChI=1S/C8H9N3S/c1-3-4-11-8(12-2)7(5-9)6-10/h3,11H,1,4H2,2H3. The van der Waals surface area contributed by atoms with Crippen LogP contribution in [0.3, 0.4) is 0 Å². The molecule has 3 nitrogen and oxygen atoms in total. The minimum Gasteiger partial charge on any atom is -0.375 e. The number of nitrogens with one attached hydrogen (secondary N) is 1. The Balaban J connectivity index is 4.52. The molecule has 0 aliphatic rings. The minimum absolute atomic E-state index is 0.115. The van der Waals surface area contributed by atoms with Crippen LogP contribution in [0.2, 0.25) is 0 Å². The third kappa shape index (κ3) is 3.14. The molecule has 0 rings (SSSR count). The van der Waals surface area contributed by atoms with Crippen molar-refractivity contribution < 1.29 is 0 Å². The number of rotatable bonds is 4. The van der Waals surface area contributed by atoms with Gasteiger partial charge in [0.2, 0.25) is 0 Å².